The fraction of sp³-hybridized carbons (Fsp3) is 0.0909. The molecule has 0 fully saturated rings. The zero-order valence-electron chi connectivity index (χ0n) is 17.0. The Morgan fingerprint density at radius 1 is 0.971 bits per heavy atom. The number of carbonyl (C=O) groups is 2. The van der Waals surface area contributed by atoms with Gasteiger partial charge in [0.05, 0.1) is 26.7 Å². The Balaban J connectivity index is 1.67. The molecule has 0 saturated heterocycles. The number of alkyl halides is 3. The van der Waals surface area contributed by atoms with E-state index in [1.807, 2.05) is 6.08 Å². The lowest BCUT2D eigenvalue weighted by Gasteiger charge is -2.15. The van der Waals surface area contributed by atoms with Gasteiger partial charge in [0.15, 0.2) is 0 Å². The molecule has 0 aromatic heterocycles. The Hall–Kier alpha value is -3.57. The summed E-state index contributed by atoms with van der Waals surface area (Å²) in [5.41, 5.74) is -0.287. The third-order valence-corrected chi connectivity index (χ3v) is 6.53. The topological polar surface area (TPSA) is 92.8 Å². The van der Waals surface area contributed by atoms with Gasteiger partial charge in [-0.25, -0.2) is 13.3 Å². The number of amides is 2. The lowest BCUT2D eigenvalue weighted by atomic mass is 10.1. The number of nitrogens with one attached hydrogen (secondary N) is 1. The minimum atomic E-state index is -4.93. The third-order valence-electron chi connectivity index (χ3n) is 4.84. The Kier molecular flexibility index (Phi) is 6.00. The molecule has 0 atom stereocenters. The Labute approximate surface area is 196 Å². The summed E-state index contributed by atoms with van der Waals surface area (Å²) < 4.78 is 68.7. The molecular formula is C22H14ClF3N2O5S. The molecule has 0 spiro atoms. The van der Waals surface area contributed by atoms with Crippen molar-refractivity contribution in [1.82, 2.24) is 4.90 Å². The smallest absolute Gasteiger partial charge is 0.406 e. The number of allylic oxidation sites excluding steroid dienone is 5. The van der Waals surface area contributed by atoms with Gasteiger partial charge in [0.2, 0.25) is 0 Å². The molecule has 1 aliphatic heterocycles. The van der Waals surface area contributed by atoms with Gasteiger partial charge in [-0.15, -0.1) is 13.2 Å². The molecule has 176 valence electrons. The summed E-state index contributed by atoms with van der Waals surface area (Å²) in [6, 6.07) is 5.99. The average Bonchev–Trinajstić information content (AvgIpc) is 2.90. The first kappa shape index (κ1) is 23.6. The first-order chi connectivity index (χ1) is 16.0. The maximum Gasteiger partial charge on any atom is 0.573 e. The van der Waals surface area contributed by atoms with Gasteiger partial charge in [-0.1, -0.05) is 35.9 Å². The second-order valence-electron chi connectivity index (χ2n) is 7.07. The van der Waals surface area contributed by atoms with Crippen LogP contribution < -0.4 is 9.46 Å². The van der Waals surface area contributed by atoms with E-state index in [2.05, 4.69) is 9.46 Å². The monoisotopic (exact) mass is 510 g/mol. The minimum absolute atomic E-state index is 0.0382. The van der Waals surface area contributed by atoms with Gasteiger partial charge in [-0.3, -0.25) is 14.3 Å². The summed E-state index contributed by atoms with van der Waals surface area (Å²) in [6.07, 6.45) is 3.98. The average molecular weight is 511 g/mol. The number of carbonyl (C=O) groups excluding carboxylic acids is 2. The molecule has 1 N–H and O–H groups in total. The highest BCUT2D eigenvalue weighted by Gasteiger charge is 2.41. The summed E-state index contributed by atoms with van der Waals surface area (Å²) in [5, 5.41) is -0.0382. The molecule has 12 heteroatoms. The summed E-state index contributed by atoms with van der Waals surface area (Å²) >= 11 is 6.16. The second-order valence-corrected chi connectivity index (χ2v) is 9.16. The standard InChI is InChI=1S/C22H14ClF3N2O5S/c23-16-11-12-17(27-34(31,32)15-9-7-14(8-10-15)33-22(24,25)26)19-18(16)20(29)28(21(19)30)13-5-3-1-2-4-6-13/h1-3,5-12,27H,4H2. The Morgan fingerprint density at radius 3 is 2.32 bits per heavy atom. The van der Waals surface area contributed by atoms with E-state index in [1.54, 1.807) is 24.3 Å². The first-order valence-electron chi connectivity index (χ1n) is 9.61. The molecular weight excluding hydrogens is 497 g/mol. The van der Waals surface area contributed by atoms with E-state index < -0.39 is 33.9 Å². The minimum Gasteiger partial charge on any atom is -0.406 e. The van der Waals surface area contributed by atoms with Crippen molar-refractivity contribution in [2.75, 3.05) is 4.72 Å². The highest BCUT2D eigenvalue weighted by Crippen LogP contribution is 2.37. The van der Waals surface area contributed by atoms with Crippen LogP contribution in [0.2, 0.25) is 5.02 Å². The maximum absolute atomic E-state index is 13.2. The van der Waals surface area contributed by atoms with E-state index in [9.17, 15) is 31.2 Å². The number of anilines is 1. The van der Waals surface area contributed by atoms with Crippen LogP contribution in [0.1, 0.15) is 27.1 Å². The zero-order chi connectivity index (χ0) is 24.7. The Bertz CT molecular complexity index is 1380. The number of hydrogen-bond donors (Lipinski definition) is 1. The molecule has 0 unspecified atom stereocenters. The van der Waals surface area contributed by atoms with Gasteiger partial charge in [0.25, 0.3) is 21.8 Å². The molecule has 34 heavy (non-hydrogen) atoms. The van der Waals surface area contributed by atoms with E-state index in [0.717, 1.165) is 29.2 Å². The predicted octanol–water partition coefficient (Wildman–Crippen LogP) is 5.04. The third kappa shape index (κ3) is 4.57. The van der Waals surface area contributed by atoms with Crippen molar-refractivity contribution in [3.63, 3.8) is 0 Å². The van der Waals surface area contributed by atoms with E-state index in [1.165, 1.54) is 12.1 Å². The van der Waals surface area contributed by atoms with Crippen LogP contribution in [0, 0.1) is 0 Å². The van der Waals surface area contributed by atoms with Crippen molar-refractivity contribution < 1.29 is 35.9 Å². The van der Waals surface area contributed by atoms with E-state index in [4.69, 9.17) is 11.6 Å². The number of fused-ring (bicyclic) bond motifs is 1. The zero-order valence-corrected chi connectivity index (χ0v) is 18.5. The number of nitrogens with zero attached hydrogens (tertiary/aromatic N) is 1. The Morgan fingerprint density at radius 2 is 1.65 bits per heavy atom. The summed E-state index contributed by atoms with van der Waals surface area (Å²) in [6.45, 7) is 0. The van der Waals surface area contributed by atoms with Gasteiger partial charge in [0.1, 0.15) is 5.75 Å². The van der Waals surface area contributed by atoms with Crippen LogP contribution in [0.15, 0.2) is 77.4 Å². The molecule has 1 aliphatic carbocycles. The number of benzene rings is 2. The van der Waals surface area contributed by atoms with Crippen LogP contribution in [0.4, 0.5) is 18.9 Å². The van der Waals surface area contributed by atoms with Crippen LogP contribution in [0.5, 0.6) is 5.75 Å². The number of imide groups is 1. The summed E-state index contributed by atoms with van der Waals surface area (Å²) in [4.78, 5) is 26.7. The number of halogens is 4. The van der Waals surface area contributed by atoms with Gasteiger partial charge in [-0.05, 0) is 48.9 Å². The predicted molar refractivity (Wildman–Crippen MR) is 117 cm³/mol. The molecule has 7 nitrogen and oxygen atoms in total. The lowest BCUT2D eigenvalue weighted by Crippen LogP contribution is -2.28. The van der Waals surface area contributed by atoms with Crippen molar-refractivity contribution in [2.45, 2.75) is 17.7 Å². The van der Waals surface area contributed by atoms with E-state index >= 15 is 0 Å². The van der Waals surface area contributed by atoms with Gasteiger partial charge < -0.3 is 4.74 Å². The number of hydrogen-bond acceptors (Lipinski definition) is 5. The van der Waals surface area contributed by atoms with Crippen LogP contribution in [-0.4, -0.2) is 31.5 Å². The largest absolute Gasteiger partial charge is 0.573 e. The van der Waals surface area contributed by atoms with E-state index in [-0.39, 0.29) is 26.7 Å². The van der Waals surface area contributed by atoms with Crippen molar-refractivity contribution in [3.8, 4) is 5.75 Å². The molecule has 2 amide bonds. The van der Waals surface area contributed by atoms with Crippen LogP contribution in [-0.2, 0) is 10.0 Å². The molecule has 0 bridgehead atoms. The first-order valence-corrected chi connectivity index (χ1v) is 11.5. The van der Waals surface area contributed by atoms with Crippen LogP contribution in [0.3, 0.4) is 0 Å². The highest BCUT2D eigenvalue weighted by atomic mass is 35.5. The lowest BCUT2D eigenvalue weighted by molar-refractivity contribution is -0.274. The van der Waals surface area contributed by atoms with Crippen molar-refractivity contribution in [2.24, 2.45) is 0 Å². The molecule has 0 radical (unpaired) electrons. The van der Waals surface area contributed by atoms with Gasteiger partial charge >= 0.3 is 6.36 Å². The van der Waals surface area contributed by atoms with Crippen molar-refractivity contribution >= 4 is 39.1 Å². The van der Waals surface area contributed by atoms with Crippen molar-refractivity contribution in [1.29, 1.82) is 0 Å². The van der Waals surface area contributed by atoms with E-state index in [0.29, 0.717) is 12.1 Å². The number of rotatable bonds is 5. The molecule has 4 rings (SSSR count). The SMILES string of the molecule is O=C1c2c(Cl)ccc(NS(=O)(=O)c3ccc(OC(F)(F)F)cc3)c2C(=O)N1C1=CCC=CC=C1. The van der Waals surface area contributed by atoms with Crippen LogP contribution >= 0.6 is 11.6 Å². The normalized spacial score (nSPS) is 15.8. The molecule has 2 aromatic rings. The molecule has 2 aliphatic rings. The maximum atomic E-state index is 13.2. The van der Waals surface area contributed by atoms with Gasteiger partial charge in [-0.2, -0.15) is 0 Å². The molecule has 0 saturated carbocycles. The fourth-order valence-corrected chi connectivity index (χ4v) is 4.71. The van der Waals surface area contributed by atoms with Crippen molar-refractivity contribution in [3.05, 3.63) is 88.6 Å². The van der Waals surface area contributed by atoms with Gasteiger partial charge in [0, 0.05) is 5.70 Å². The molecule has 1 heterocycles. The summed E-state index contributed by atoms with van der Waals surface area (Å²) in [5.74, 6) is -2.08. The quantitative estimate of drug-likeness (QED) is 0.569. The second kappa shape index (κ2) is 8.65. The number of ether oxygens (including phenoxy) is 1. The number of sulfonamides is 1. The highest BCUT2D eigenvalue weighted by molar-refractivity contribution is 7.92. The fourth-order valence-electron chi connectivity index (χ4n) is 3.40. The van der Waals surface area contributed by atoms with Crippen LogP contribution in [0.25, 0.3) is 0 Å². The molecule has 2 aromatic carbocycles. The summed E-state index contributed by atoms with van der Waals surface area (Å²) in [7, 11) is -4.35.